The smallest absolute Gasteiger partial charge is 0.289 e. The molecular weight excluding hydrogens is 336 g/mol. The Balaban J connectivity index is 1.51. The van der Waals surface area contributed by atoms with Crippen molar-refractivity contribution < 1.29 is 14.7 Å². The lowest BCUT2D eigenvalue weighted by atomic mass is 9.81. The molecule has 0 radical (unpaired) electrons. The van der Waals surface area contributed by atoms with E-state index in [-0.39, 0.29) is 35.9 Å². The summed E-state index contributed by atoms with van der Waals surface area (Å²) in [7, 11) is 0. The lowest BCUT2D eigenvalue weighted by Gasteiger charge is -2.45. The van der Waals surface area contributed by atoms with Gasteiger partial charge in [-0.2, -0.15) is 0 Å². The molecular formula is C17H26N6O3. The van der Waals surface area contributed by atoms with Gasteiger partial charge < -0.3 is 19.9 Å². The Morgan fingerprint density at radius 3 is 2.58 bits per heavy atom. The van der Waals surface area contributed by atoms with E-state index in [1.165, 1.54) is 0 Å². The van der Waals surface area contributed by atoms with Gasteiger partial charge in [0.05, 0.1) is 12.1 Å². The van der Waals surface area contributed by atoms with Gasteiger partial charge in [0, 0.05) is 44.7 Å². The fourth-order valence-electron chi connectivity index (χ4n) is 4.09. The first-order valence-corrected chi connectivity index (χ1v) is 9.39. The third-order valence-electron chi connectivity index (χ3n) is 5.58. The molecule has 3 heterocycles. The second-order valence-electron chi connectivity index (χ2n) is 7.82. The monoisotopic (exact) mass is 362 g/mol. The minimum Gasteiger partial charge on any atom is -0.393 e. The number of aromatic nitrogens is 3. The Labute approximate surface area is 152 Å². The van der Waals surface area contributed by atoms with Gasteiger partial charge in [0.15, 0.2) is 5.82 Å². The topological polar surface area (TPSA) is 104 Å². The summed E-state index contributed by atoms with van der Waals surface area (Å²) in [4.78, 5) is 29.2. The molecule has 1 saturated carbocycles. The van der Waals surface area contributed by atoms with Crippen molar-refractivity contribution in [1.29, 1.82) is 0 Å². The molecule has 2 amide bonds. The molecule has 1 aliphatic carbocycles. The maximum absolute atomic E-state index is 12.6. The number of hydrogen-bond donors (Lipinski definition) is 2. The van der Waals surface area contributed by atoms with Gasteiger partial charge in [-0.1, -0.05) is 0 Å². The van der Waals surface area contributed by atoms with Crippen LogP contribution >= 0.6 is 0 Å². The zero-order chi connectivity index (χ0) is 18.4. The molecule has 142 valence electrons. The van der Waals surface area contributed by atoms with Gasteiger partial charge in [-0.25, -0.2) is 0 Å². The van der Waals surface area contributed by atoms with Crippen molar-refractivity contribution in [3.05, 3.63) is 11.6 Å². The zero-order valence-corrected chi connectivity index (χ0v) is 15.3. The van der Waals surface area contributed by atoms with E-state index in [2.05, 4.69) is 20.4 Å². The molecule has 0 spiro atoms. The summed E-state index contributed by atoms with van der Waals surface area (Å²) in [6.07, 6.45) is 0.809. The number of aliphatic hydroxyl groups excluding tert-OH is 1. The molecule has 3 aliphatic rings. The van der Waals surface area contributed by atoms with Gasteiger partial charge in [0.1, 0.15) is 0 Å². The van der Waals surface area contributed by atoms with Crippen molar-refractivity contribution in [3.63, 3.8) is 0 Å². The summed E-state index contributed by atoms with van der Waals surface area (Å²) in [5.74, 6) is 0.976. The van der Waals surface area contributed by atoms with Gasteiger partial charge in [-0.3, -0.25) is 14.5 Å². The number of carbonyl (C=O) groups excluding carboxylic acids is 2. The molecule has 1 saturated heterocycles. The molecule has 4 rings (SSSR count). The Morgan fingerprint density at radius 1 is 1.15 bits per heavy atom. The summed E-state index contributed by atoms with van der Waals surface area (Å²) in [5, 5.41) is 20.7. The summed E-state index contributed by atoms with van der Waals surface area (Å²) in [6, 6.07) is 0.00992. The van der Waals surface area contributed by atoms with Crippen LogP contribution in [0.3, 0.4) is 0 Å². The van der Waals surface area contributed by atoms with Gasteiger partial charge in [-0.05, 0) is 26.7 Å². The second-order valence-corrected chi connectivity index (χ2v) is 7.82. The van der Waals surface area contributed by atoms with E-state index in [1.807, 2.05) is 23.3 Å². The number of piperazine rings is 1. The lowest BCUT2D eigenvalue weighted by Crippen LogP contribution is -2.56. The summed E-state index contributed by atoms with van der Waals surface area (Å²) in [5.41, 5.74) is 0. The highest BCUT2D eigenvalue weighted by molar-refractivity contribution is 5.90. The zero-order valence-electron chi connectivity index (χ0n) is 15.3. The molecule has 1 unspecified atom stereocenters. The average Bonchev–Trinajstić information content (AvgIpc) is 3.02. The van der Waals surface area contributed by atoms with E-state index in [0.29, 0.717) is 38.3 Å². The van der Waals surface area contributed by atoms with Crippen LogP contribution in [0.25, 0.3) is 0 Å². The summed E-state index contributed by atoms with van der Waals surface area (Å²) < 4.78 is 1.89. The first-order chi connectivity index (χ1) is 12.4. The highest BCUT2D eigenvalue weighted by atomic mass is 16.3. The Hall–Kier alpha value is -2.00. The van der Waals surface area contributed by atoms with Crippen molar-refractivity contribution in [3.8, 4) is 0 Å². The van der Waals surface area contributed by atoms with Gasteiger partial charge >= 0.3 is 0 Å². The van der Waals surface area contributed by atoms with Crippen molar-refractivity contribution in [2.24, 2.45) is 5.92 Å². The van der Waals surface area contributed by atoms with Crippen LogP contribution in [0.5, 0.6) is 0 Å². The predicted octanol–water partition coefficient (Wildman–Crippen LogP) is -0.614. The largest absolute Gasteiger partial charge is 0.393 e. The second kappa shape index (κ2) is 6.62. The molecule has 9 nitrogen and oxygen atoms in total. The van der Waals surface area contributed by atoms with Crippen molar-refractivity contribution >= 4 is 11.8 Å². The van der Waals surface area contributed by atoms with E-state index >= 15 is 0 Å². The van der Waals surface area contributed by atoms with Crippen molar-refractivity contribution in [1.82, 2.24) is 29.9 Å². The summed E-state index contributed by atoms with van der Waals surface area (Å²) >= 11 is 0. The van der Waals surface area contributed by atoms with Crippen LogP contribution < -0.4 is 5.32 Å². The van der Waals surface area contributed by atoms with E-state index in [0.717, 1.165) is 18.9 Å². The fourth-order valence-corrected chi connectivity index (χ4v) is 4.09. The average molecular weight is 362 g/mol. The van der Waals surface area contributed by atoms with Crippen LogP contribution in [0.15, 0.2) is 0 Å². The van der Waals surface area contributed by atoms with Crippen LogP contribution in [0.4, 0.5) is 0 Å². The van der Waals surface area contributed by atoms with Gasteiger partial charge in [0.25, 0.3) is 5.91 Å². The molecule has 9 heteroatoms. The van der Waals surface area contributed by atoms with E-state index < -0.39 is 0 Å². The van der Waals surface area contributed by atoms with Crippen LogP contribution in [0.1, 0.15) is 49.2 Å². The van der Waals surface area contributed by atoms with Crippen LogP contribution in [0, 0.1) is 5.92 Å². The third kappa shape index (κ3) is 2.99. The maximum Gasteiger partial charge on any atom is 0.289 e. The highest BCUT2D eigenvalue weighted by Crippen LogP contribution is 2.33. The molecule has 0 aromatic carbocycles. The number of nitrogens with zero attached hydrogens (tertiary/aromatic N) is 5. The molecule has 2 N–H and O–H groups in total. The van der Waals surface area contributed by atoms with Crippen molar-refractivity contribution in [2.75, 3.05) is 26.2 Å². The molecule has 1 aromatic heterocycles. The standard InChI is InChI=1S/C17H26N6O3/c1-10(2)18-16(25)15-20-19-14-13-9-22(17(26)11-7-12(24)8-11)4-3-21(13)5-6-23(14)15/h10-13,24H,3-9H2,1-2H3,(H,18,25). The minimum absolute atomic E-state index is 0.0282. The molecule has 1 atom stereocenters. The molecule has 2 fully saturated rings. The first-order valence-electron chi connectivity index (χ1n) is 9.39. The van der Waals surface area contributed by atoms with E-state index in [4.69, 9.17) is 0 Å². The number of amides is 2. The number of aliphatic hydroxyl groups is 1. The van der Waals surface area contributed by atoms with E-state index in [1.54, 1.807) is 0 Å². The number of hydrogen-bond acceptors (Lipinski definition) is 6. The number of nitrogens with one attached hydrogen (secondary N) is 1. The van der Waals surface area contributed by atoms with Gasteiger partial charge in [-0.15, -0.1) is 10.2 Å². The fraction of sp³-hybridized carbons (Fsp3) is 0.765. The summed E-state index contributed by atoms with van der Waals surface area (Å²) in [6.45, 7) is 7.40. The number of fused-ring (bicyclic) bond motifs is 3. The lowest BCUT2D eigenvalue weighted by molar-refractivity contribution is -0.146. The minimum atomic E-state index is -0.329. The van der Waals surface area contributed by atoms with Crippen LogP contribution in [-0.2, 0) is 11.3 Å². The highest BCUT2D eigenvalue weighted by Gasteiger charge is 2.41. The first kappa shape index (κ1) is 17.4. The Morgan fingerprint density at radius 2 is 1.88 bits per heavy atom. The molecule has 0 bridgehead atoms. The van der Waals surface area contributed by atoms with Crippen LogP contribution in [-0.4, -0.2) is 79.8 Å². The number of rotatable bonds is 3. The Bertz CT molecular complexity index is 711. The SMILES string of the molecule is CC(C)NC(=O)c1nnc2n1CCN1CCN(C(=O)C3CC(O)C3)CC21. The maximum atomic E-state index is 12.6. The molecule has 1 aromatic rings. The third-order valence-corrected chi connectivity index (χ3v) is 5.58. The van der Waals surface area contributed by atoms with Crippen LogP contribution in [0.2, 0.25) is 0 Å². The van der Waals surface area contributed by atoms with E-state index in [9.17, 15) is 14.7 Å². The Kier molecular flexibility index (Phi) is 4.44. The predicted molar refractivity (Wildman–Crippen MR) is 92.2 cm³/mol. The number of carbonyl (C=O) groups is 2. The molecule has 26 heavy (non-hydrogen) atoms. The quantitative estimate of drug-likeness (QED) is 0.743. The van der Waals surface area contributed by atoms with Gasteiger partial charge in [0.2, 0.25) is 11.7 Å². The van der Waals surface area contributed by atoms with Crippen molar-refractivity contribution in [2.45, 2.75) is 51.4 Å². The normalized spacial score (nSPS) is 28.3. The molecule has 2 aliphatic heterocycles.